The van der Waals surface area contributed by atoms with Crippen molar-refractivity contribution < 1.29 is 14.6 Å². The maximum absolute atomic E-state index is 9.36. The molecule has 1 N–H and O–H groups in total. The van der Waals surface area contributed by atoms with Gasteiger partial charge in [0.15, 0.2) is 0 Å². The molecule has 2 rings (SSSR count). The minimum atomic E-state index is 0.294. The van der Waals surface area contributed by atoms with Crippen LogP contribution in [0, 0.1) is 0 Å². The Morgan fingerprint density at radius 2 is 1.70 bits per heavy atom. The lowest BCUT2D eigenvalue weighted by Gasteiger charge is -2.07. The van der Waals surface area contributed by atoms with Crippen LogP contribution < -0.4 is 9.47 Å². The van der Waals surface area contributed by atoms with Crippen molar-refractivity contribution in [3.8, 4) is 17.2 Å². The molecule has 4 heteroatoms. The fourth-order valence-electron chi connectivity index (χ4n) is 1.69. The van der Waals surface area contributed by atoms with E-state index in [1.807, 2.05) is 43.3 Å². The van der Waals surface area contributed by atoms with Gasteiger partial charge in [-0.1, -0.05) is 6.07 Å². The Labute approximate surface area is 123 Å². The van der Waals surface area contributed by atoms with Gasteiger partial charge in [-0.25, -0.2) is 0 Å². The highest BCUT2D eigenvalue weighted by atomic mass is 32.2. The van der Waals surface area contributed by atoms with Gasteiger partial charge >= 0.3 is 0 Å². The minimum Gasteiger partial charge on any atom is -0.508 e. The molecule has 0 aliphatic carbocycles. The van der Waals surface area contributed by atoms with E-state index in [1.54, 1.807) is 23.9 Å². The van der Waals surface area contributed by atoms with E-state index in [2.05, 4.69) is 0 Å². The van der Waals surface area contributed by atoms with Gasteiger partial charge in [-0.05, 0) is 49.4 Å². The van der Waals surface area contributed by atoms with E-state index in [0.29, 0.717) is 19.0 Å². The average Bonchev–Trinajstić information content (AvgIpc) is 2.46. The largest absolute Gasteiger partial charge is 0.508 e. The first-order chi connectivity index (χ1) is 9.78. The summed E-state index contributed by atoms with van der Waals surface area (Å²) in [5, 5.41) is 9.36. The smallest absolute Gasteiger partial charge is 0.119 e. The Bertz CT molecular complexity index is 526. The lowest BCUT2D eigenvalue weighted by atomic mass is 10.3. The predicted molar refractivity (Wildman–Crippen MR) is 81.9 cm³/mol. The molecule has 0 aromatic heterocycles. The molecule has 2 aromatic rings. The zero-order valence-electron chi connectivity index (χ0n) is 11.4. The van der Waals surface area contributed by atoms with Gasteiger partial charge in [-0.15, -0.1) is 11.8 Å². The highest BCUT2D eigenvalue weighted by molar-refractivity contribution is 7.99. The van der Waals surface area contributed by atoms with E-state index >= 15 is 0 Å². The summed E-state index contributed by atoms with van der Waals surface area (Å²) in [6.45, 7) is 3.25. The number of hydrogen-bond donors (Lipinski definition) is 1. The summed E-state index contributed by atoms with van der Waals surface area (Å²) in [5.74, 6) is 2.82. The summed E-state index contributed by atoms with van der Waals surface area (Å²) in [6.07, 6.45) is 0. The fraction of sp³-hybridized carbons (Fsp3) is 0.250. The number of phenols is 1. The maximum atomic E-state index is 9.36. The molecule has 0 fully saturated rings. The third kappa shape index (κ3) is 4.70. The van der Waals surface area contributed by atoms with E-state index in [0.717, 1.165) is 22.1 Å². The van der Waals surface area contributed by atoms with Crippen LogP contribution in [0.4, 0.5) is 0 Å². The molecular weight excluding hydrogens is 272 g/mol. The summed E-state index contributed by atoms with van der Waals surface area (Å²) >= 11 is 1.66. The van der Waals surface area contributed by atoms with Gasteiger partial charge in [0.05, 0.1) is 13.2 Å². The molecule has 0 amide bonds. The van der Waals surface area contributed by atoms with Crippen LogP contribution in [0.25, 0.3) is 0 Å². The van der Waals surface area contributed by atoms with Crippen LogP contribution in [0.1, 0.15) is 6.92 Å². The van der Waals surface area contributed by atoms with Crippen molar-refractivity contribution in [2.45, 2.75) is 11.8 Å². The van der Waals surface area contributed by atoms with Crippen LogP contribution in [0.5, 0.6) is 17.2 Å². The number of benzene rings is 2. The van der Waals surface area contributed by atoms with Crippen LogP contribution in [0.15, 0.2) is 53.4 Å². The summed E-state index contributed by atoms with van der Waals surface area (Å²) in [7, 11) is 0. The molecule has 0 bridgehead atoms. The number of ether oxygens (including phenoxy) is 2. The summed E-state index contributed by atoms with van der Waals surface area (Å²) in [5.41, 5.74) is 0. The number of aromatic hydroxyl groups is 1. The maximum Gasteiger partial charge on any atom is 0.119 e. The molecule has 0 radical (unpaired) electrons. The van der Waals surface area contributed by atoms with Crippen LogP contribution >= 0.6 is 11.8 Å². The van der Waals surface area contributed by atoms with Gasteiger partial charge in [0.2, 0.25) is 0 Å². The van der Waals surface area contributed by atoms with Crippen molar-refractivity contribution >= 4 is 11.8 Å². The van der Waals surface area contributed by atoms with Gasteiger partial charge in [0.1, 0.15) is 17.2 Å². The normalized spacial score (nSPS) is 10.2. The SMILES string of the molecule is CCOc1ccc(OCCSc2cccc(O)c2)cc1. The summed E-state index contributed by atoms with van der Waals surface area (Å²) in [4.78, 5) is 1.04. The highest BCUT2D eigenvalue weighted by Crippen LogP contribution is 2.22. The Kier molecular flexibility index (Phi) is 5.62. The first-order valence-corrected chi connectivity index (χ1v) is 7.54. The van der Waals surface area contributed by atoms with Gasteiger partial charge in [0, 0.05) is 10.6 Å². The second-order valence-electron chi connectivity index (χ2n) is 4.10. The van der Waals surface area contributed by atoms with E-state index in [-0.39, 0.29) is 0 Å². The standard InChI is InChI=1S/C16H18O3S/c1-2-18-14-6-8-15(9-7-14)19-10-11-20-16-5-3-4-13(17)12-16/h3-9,12,17H,2,10-11H2,1H3. The van der Waals surface area contributed by atoms with E-state index in [9.17, 15) is 5.11 Å². The molecule has 0 heterocycles. The number of thioether (sulfide) groups is 1. The molecule has 3 nitrogen and oxygen atoms in total. The molecule has 0 unspecified atom stereocenters. The van der Waals surface area contributed by atoms with Crippen LogP contribution in [-0.4, -0.2) is 24.1 Å². The third-order valence-electron chi connectivity index (χ3n) is 2.57. The monoisotopic (exact) mass is 290 g/mol. The lowest BCUT2D eigenvalue weighted by molar-refractivity contribution is 0.332. The van der Waals surface area contributed by atoms with Gasteiger partial charge in [-0.3, -0.25) is 0 Å². The second kappa shape index (κ2) is 7.70. The van der Waals surface area contributed by atoms with E-state index < -0.39 is 0 Å². The summed E-state index contributed by atoms with van der Waals surface area (Å²) in [6, 6.07) is 14.9. The van der Waals surface area contributed by atoms with E-state index in [1.165, 1.54) is 0 Å². The minimum absolute atomic E-state index is 0.294. The zero-order valence-corrected chi connectivity index (χ0v) is 12.2. The Balaban J connectivity index is 1.73. The predicted octanol–water partition coefficient (Wildman–Crippen LogP) is 3.96. The van der Waals surface area contributed by atoms with Crippen LogP contribution in [0.3, 0.4) is 0 Å². The van der Waals surface area contributed by atoms with E-state index in [4.69, 9.17) is 9.47 Å². The molecular formula is C16H18O3S. The Morgan fingerprint density at radius 3 is 2.35 bits per heavy atom. The first kappa shape index (κ1) is 14.6. The number of phenolic OH excluding ortho intramolecular Hbond substituents is 1. The Hall–Kier alpha value is -1.81. The molecule has 0 aliphatic heterocycles. The third-order valence-corrected chi connectivity index (χ3v) is 3.53. The van der Waals surface area contributed by atoms with Crippen molar-refractivity contribution in [1.29, 1.82) is 0 Å². The molecule has 0 aliphatic rings. The van der Waals surface area contributed by atoms with Gasteiger partial charge in [0.25, 0.3) is 0 Å². The molecule has 0 saturated carbocycles. The molecule has 0 saturated heterocycles. The molecule has 20 heavy (non-hydrogen) atoms. The fourth-order valence-corrected chi connectivity index (χ4v) is 2.47. The van der Waals surface area contributed by atoms with Crippen molar-refractivity contribution in [3.63, 3.8) is 0 Å². The number of hydrogen-bond acceptors (Lipinski definition) is 4. The Morgan fingerprint density at radius 1 is 1.00 bits per heavy atom. The zero-order chi connectivity index (χ0) is 14.2. The lowest BCUT2D eigenvalue weighted by Crippen LogP contribution is -2.00. The van der Waals surface area contributed by atoms with Crippen molar-refractivity contribution in [2.75, 3.05) is 19.0 Å². The molecule has 0 spiro atoms. The average molecular weight is 290 g/mol. The topological polar surface area (TPSA) is 38.7 Å². The van der Waals surface area contributed by atoms with Gasteiger partial charge in [-0.2, -0.15) is 0 Å². The van der Waals surface area contributed by atoms with Crippen molar-refractivity contribution in [1.82, 2.24) is 0 Å². The first-order valence-electron chi connectivity index (χ1n) is 6.55. The highest BCUT2D eigenvalue weighted by Gasteiger charge is 1.98. The molecule has 0 atom stereocenters. The number of rotatable bonds is 7. The van der Waals surface area contributed by atoms with Crippen molar-refractivity contribution in [3.05, 3.63) is 48.5 Å². The van der Waals surface area contributed by atoms with Crippen LogP contribution in [-0.2, 0) is 0 Å². The summed E-state index contributed by atoms with van der Waals surface area (Å²) < 4.78 is 11.0. The second-order valence-corrected chi connectivity index (χ2v) is 5.27. The quantitative estimate of drug-likeness (QED) is 0.619. The van der Waals surface area contributed by atoms with Gasteiger partial charge < -0.3 is 14.6 Å². The molecule has 2 aromatic carbocycles. The molecule has 106 valence electrons. The van der Waals surface area contributed by atoms with Crippen molar-refractivity contribution in [2.24, 2.45) is 0 Å². The van der Waals surface area contributed by atoms with Crippen LogP contribution in [0.2, 0.25) is 0 Å².